The van der Waals surface area contributed by atoms with Gasteiger partial charge in [-0.25, -0.2) is 0 Å². The number of thiazole rings is 1. The van der Waals surface area contributed by atoms with Crippen LogP contribution in [0.15, 0.2) is 11.7 Å². The molecule has 1 aromatic heterocycles. The van der Waals surface area contributed by atoms with E-state index in [4.69, 9.17) is 5.11 Å². The first-order valence-electron chi connectivity index (χ1n) is 5.69. The van der Waals surface area contributed by atoms with Crippen molar-refractivity contribution in [2.45, 2.75) is 27.2 Å². The van der Waals surface area contributed by atoms with Crippen LogP contribution < -0.4 is 5.32 Å². The summed E-state index contributed by atoms with van der Waals surface area (Å²) < 4.78 is 0. The smallest absolute Gasteiger partial charge is 0.308 e. The van der Waals surface area contributed by atoms with E-state index in [-0.39, 0.29) is 17.9 Å². The van der Waals surface area contributed by atoms with Crippen molar-refractivity contribution >= 4 is 23.2 Å². The molecular weight excluding hydrogens is 252 g/mol. The number of hydrogen-bond acceptors (Lipinski definition) is 4. The summed E-state index contributed by atoms with van der Waals surface area (Å²) in [6.45, 7) is 6.08. The zero-order chi connectivity index (χ0) is 13.8. The summed E-state index contributed by atoms with van der Waals surface area (Å²) in [6.07, 6.45) is 1.99. The summed E-state index contributed by atoms with van der Waals surface area (Å²) >= 11 is 1.23. The molecule has 1 heterocycles. The second kappa shape index (κ2) is 5.95. The monoisotopic (exact) mass is 270 g/mol. The summed E-state index contributed by atoms with van der Waals surface area (Å²) in [6, 6.07) is 0. The molecular formula is C12H18N2O3S. The molecule has 0 bridgehead atoms. The van der Waals surface area contributed by atoms with Gasteiger partial charge in [-0.3, -0.25) is 14.6 Å². The van der Waals surface area contributed by atoms with Crippen molar-refractivity contribution < 1.29 is 14.7 Å². The van der Waals surface area contributed by atoms with Gasteiger partial charge in [0.1, 0.15) is 4.88 Å². The topological polar surface area (TPSA) is 79.3 Å². The number of aromatic nitrogens is 1. The number of aliphatic carboxylic acids is 1. The van der Waals surface area contributed by atoms with Crippen molar-refractivity contribution in [2.75, 3.05) is 6.54 Å². The predicted molar refractivity (Wildman–Crippen MR) is 69.6 cm³/mol. The fraction of sp³-hybridized carbons (Fsp3) is 0.583. The van der Waals surface area contributed by atoms with E-state index in [9.17, 15) is 9.59 Å². The third kappa shape index (κ3) is 4.83. The Morgan fingerprint density at radius 3 is 2.61 bits per heavy atom. The molecule has 0 aromatic carbocycles. The molecule has 6 heteroatoms. The molecule has 0 saturated carbocycles. The van der Waals surface area contributed by atoms with Crippen LogP contribution in [0.5, 0.6) is 0 Å². The molecule has 5 nitrogen and oxygen atoms in total. The lowest BCUT2D eigenvalue weighted by molar-refractivity contribution is -0.142. The van der Waals surface area contributed by atoms with Crippen molar-refractivity contribution in [3.05, 3.63) is 16.6 Å². The standard InChI is InChI=1S/C12H18N2O3S/c1-12(2,3)4-8(11(16)17)5-14-10(15)9-6-13-7-18-9/h6-8H,4-5H2,1-3H3,(H,14,15)(H,16,17). The van der Waals surface area contributed by atoms with Gasteiger partial charge in [-0.15, -0.1) is 11.3 Å². The van der Waals surface area contributed by atoms with Crippen LogP contribution in [-0.4, -0.2) is 28.5 Å². The lowest BCUT2D eigenvalue weighted by Gasteiger charge is -2.23. The minimum absolute atomic E-state index is 0.0850. The number of amides is 1. The molecule has 18 heavy (non-hydrogen) atoms. The highest BCUT2D eigenvalue weighted by atomic mass is 32.1. The van der Waals surface area contributed by atoms with Gasteiger partial charge in [-0.1, -0.05) is 20.8 Å². The molecule has 1 aromatic rings. The molecule has 100 valence electrons. The number of carbonyl (C=O) groups is 2. The van der Waals surface area contributed by atoms with Crippen LogP contribution in [0.25, 0.3) is 0 Å². The van der Waals surface area contributed by atoms with Gasteiger partial charge in [0.25, 0.3) is 5.91 Å². The van der Waals surface area contributed by atoms with Crippen molar-refractivity contribution in [3.63, 3.8) is 0 Å². The molecule has 0 radical (unpaired) electrons. The third-order valence-electron chi connectivity index (χ3n) is 2.37. The first-order chi connectivity index (χ1) is 8.29. The van der Waals surface area contributed by atoms with Gasteiger partial charge in [0, 0.05) is 6.54 Å². The summed E-state index contributed by atoms with van der Waals surface area (Å²) in [5.74, 6) is -1.71. The highest BCUT2D eigenvalue weighted by Gasteiger charge is 2.25. The Kier molecular flexibility index (Phi) is 4.84. The van der Waals surface area contributed by atoms with E-state index in [1.807, 2.05) is 20.8 Å². The minimum Gasteiger partial charge on any atom is -0.481 e. The van der Waals surface area contributed by atoms with Gasteiger partial charge in [-0.05, 0) is 11.8 Å². The summed E-state index contributed by atoms with van der Waals surface area (Å²) in [7, 11) is 0. The highest BCUT2D eigenvalue weighted by molar-refractivity contribution is 7.11. The molecule has 0 aliphatic heterocycles. The maximum atomic E-state index is 11.7. The van der Waals surface area contributed by atoms with Gasteiger partial charge < -0.3 is 10.4 Å². The first-order valence-corrected chi connectivity index (χ1v) is 6.57. The van der Waals surface area contributed by atoms with Crippen LogP contribution >= 0.6 is 11.3 Å². The molecule has 2 N–H and O–H groups in total. The van der Waals surface area contributed by atoms with E-state index < -0.39 is 11.9 Å². The lowest BCUT2D eigenvalue weighted by Crippen LogP contribution is -2.34. The second-order valence-corrected chi connectivity index (χ2v) is 6.26. The molecule has 1 atom stereocenters. The summed E-state index contributed by atoms with van der Waals surface area (Å²) in [4.78, 5) is 27.1. The molecule has 1 unspecified atom stereocenters. The Labute approximate surface area is 110 Å². The van der Waals surface area contributed by atoms with Gasteiger partial charge in [0.15, 0.2) is 0 Å². The van der Waals surface area contributed by atoms with Crippen LogP contribution in [0.4, 0.5) is 0 Å². The Bertz CT molecular complexity index is 409. The second-order valence-electron chi connectivity index (χ2n) is 5.38. The van der Waals surface area contributed by atoms with E-state index in [0.29, 0.717) is 11.3 Å². The Balaban J connectivity index is 2.53. The largest absolute Gasteiger partial charge is 0.481 e. The number of nitrogens with one attached hydrogen (secondary N) is 1. The molecule has 0 fully saturated rings. The maximum absolute atomic E-state index is 11.7. The predicted octanol–water partition coefficient (Wildman–Crippen LogP) is 2.01. The SMILES string of the molecule is CC(C)(C)CC(CNC(=O)c1cncs1)C(=O)O. The number of nitrogens with zero attached hydrogens (tertiary/aromatic N) is 1. The molecule has 0 aliphatic carbocycles. The van der Waals surface area contributed by atoms with E-state index >= 15 is 0 Å². The summed E-state index contributed by atoms with van der Waals surface area (Å²) in [5.41, 5.74) is 1.48. The maximum Gasteiger partial charge on any atom is 0.308 e. The first kappa shape index (κ1) is 14.6. The van der Waals surface area contributed by atoms with Crippen molar-refractivity contribution in [1.82, 2.24) is 10.3 Å². The van der Waals surface area contributed by atoms with Gasteiger partial charge in [0.05, 0.1) is 17.6 Å². The quantitative estimate of drug-likeness (QED) is 0.857. The number of rotatable bonds is 5. The Morgan fingerprint density at radius 2 is 2.17 bits per heavy atom. The van der Waals surface area contributed by atoms with Crippen LogP contribution in [0.1, 0.15) is 36.9 Å². The zero-order valence-electron chi connectivity index (χ0n) is 10.8. The minimum atomic E-state index is -0.880. The molecule has 0 aliphatic rings. The van der Waals surface area contributed by atoms with E-state index in [2.05, 4.69) is 10.3 Å². The average Bonchev–Trinajstić information content (AvgIpc) is 2.75. The van der Waals surface area contributed by atoms with E-state index in [1.54, 1.807) is 5.51 Å². The van der Waals surface area contributed by atoms with Crippen molar-refractivity contribution in [1.29, 1.82) is 0 Å². The number of hydrogen-bond donors (Lipinski definition) is 2. The van der Waals surface area contributed by atoms with Crippen LogP contribution in [-0.2, 0) is 4.79 Å². The highest BCUT2D eigenvalue weighted by Crippen LogP contribution is 2.24. The number of carbonyl (C=O) groups excluding carboxylic acids is 1. The molecule has 1 rings (SSSR count). The Hall–Kier alpha value is -1.43. The lowest BCUT2D eigenvalue weighted by atomic mass is 9.84. The molecule has 1 amide bonds. The van der Waals surface area contributed by atoms with Crippen LogP contribution in [0.2, 0.25) is 0 Å². The number of carboxylic acid groups (broad SMARTS) is 1. The average molecular weight is 270 g/mol. The van der Waals surface area contributed by atoms with Crippen molar-refractivity contribution in [2.24, 2.45) is 11.3 Å². The fourth-order valence-electron chi connectivity index (χ4n) is 1.62. The van der Waals surface area contributed by atoms with Gasteiger partial charge in [0.2, 0.25) is 0 Å². The van der Waals surface area contributed by atoms with Crippen molar-refractivity contribution in [3.8, 4) is 0 Å². The van der Waals surface area contributed by atoms with E-state index in [1.165, 1.54) is 17.5 Å². The summed E-state index contributed by atoms with van der Waals surface area (Å²) in [5, 5.41) is 11.8. The third-order valence-corrected chi connectivity index (χ3v) is 3.15. The molecule has 0 spiro atoms. The Morgan fingerprint density at radius 1 is 1.50 bits per heavy atom. The van der Waals surface area contributed by atoms with Gasteiger partial charge in [-0.2, -0.15) is 0 Å². The van der Waals surface area contributed by atoms with Gasteiger partial charge >= 0.3 is 5.97 Å². The van der Waals surface area contributed by atoms with E-state index in [0.717, 1.165) is 0 Å². The normalized spacial score (nSPS) is 13.1. The fourth-order valence-corrected chi connectivity index (χ4v) is 2.15. The number of carboxylic acids is 1. The molecule has 0 saturated heterocycles. The van der Waals surface area contributed by atoms with Crippen LogP contribution in [0.3, 0.4) is 0 Å². The van der Waals surface area contributed by atoms with Crippen LogP contribution in [0, 0.1) is 11.3 Å². The zero-order valence-corrected chi connectivity index (χ0v) is 11.6.